The molecule has 0 rings (SSSR count). The molecule has 0 saturated carbocycles. The lowest BCUT2D eigenvalue weighted by molar-refractivity contribution is -0.962. The summed E-state index contributed by atoms with van der Waals surface area (Å²) in [7, 11) is 0. The molecule has 20 heavy (non-hydrogen) atoms. The number of rotatable bonds is 11. The first-order valence-electron chi connectivity index (χ1n) is 7.60. The van der Waals surface area contributed by atoms with Crippen LogP contribution < -0.4 is 9.80 Å². The van der Waals surface area contributed by atoms with Gasteiger partial charge in [-0.1, -0.05) is 0 Å². The standard InChI is InChI=1S/C14H32N2O4/c1-11(17)7-15(8-12(2)18)5-6-16(9-13(3)19)10-14(4)20/h11-14,17-20H,5-10H2,1-4H3/p+2/t11-,12-,13-,14+/m1/s1. The summed E-state index contributed by atoms with van der Waals surface area (Å²) in [5.74, 6) is 0. The Bertz CT molecular complexity index is 191. The first-order valence-corrected chi connectivity index (χ1v) is 7.60. The Kier molecular flexibility index (Phi) is 10.4. The van der Waals surface area contributed by atoms with E-state index in [9.17, 15) is 20.4 Å². The molecule has 0 heterocycles. The fourth-order valence-corrected chi connectivity index (χ4v) is 2.60. The molecule has 0 aromatic heterocycles. The zero-order chi connectivity index (χ0) is 15.7. The van der Waals surface area contributed by atoms with Crippen LogP contribution in [0.1, 0.15) is 27.7 Å². The summed E-state index contributed by atoms with van der Waals surface area (Å²) in [4.78, 5) is 2.28. The molecule has 0 aromatic rings. The number of nitrogens with one attached hydrogen (secondary N) is 2. The highest BCUT2D eigenvalue weighted by Crippen LogP contribution is 1.76. The molecule has 6 heteroatoms. The van der Waals surface area contributed by atoms with Gasteiger partial charge in [0.05, 0.1) is 0 Å². The van der Waals surface area contributed by atoms with E-state index in [1.54, 1.807) is 27.7 Å². The maximum Gasteiger partial charge on any atom is 0.127 e. The Balaban J connectivity index is 4.35. The van der Waals surface area contributed by atoms with E-state index in [4.69, 9.17) is 0 Å². The van der Waals surface area contributed by atoms with Crippen molar-refractivity contribution in [3.63, 3.8) is 0 Å². The van der Waals surface area contributed by atoms with Gasteiger partial charge in [0, 0.05) is 0 Å². The van der Waals surface area contributed by atoms with E-state index in [0.717, 1.165) is 22.9 Å². The summed E-state index contributed by atoms with van der Waals surface area (Å²) < 4.78 is 0. The van der Waals surface area contributed by atoms with Crippen LogP contribution in [0.3, 0.4) is 0 Å². The van der Waals surface area contributed by atoms with Crippen LogP contribution in [0.25, 0.3) is 0 Å². The topological polar surface area (TPSA) is 89.8 Å². The van der Waals surface area contributed by atoms with E-state index >= 15 is 0 Å². The SMILES string of the molecule is C[C@H](O)C[NH+](CC[NH+](C[C@@H](C)O)C[C@@H](C)O)C[C@@H](C)O. The normalized spacial score (nSPS) is 19.6. The van der Waals surface area contributed by atoms with Crippen molar-refractivity contribution >= 4 is 0 Å². The minimum absolute atomic E-state index is 0.402. The first kappa shape index (κ1) is 19.8. The quantitative estimate of drug-likeness (QED) is 0.237. The van der Waals surface area contributed by atoms with Crippen molar-refractivity contribution in [2.75, 3.05) is 39.3 Å². The van der Waals surface area contributed by atoms with Gasteiger partial charge in [0.15, 0.2) is 0 Å². The number of aliphatic hydroxyl groups is 4. The monoisotopic (exact) mass is 294 g/mol. The molecule has 0 saturated heterocycles. The lowest BCUT2D eigenvalue weighted by atomic mass is 10.2. The predicted octanol–water partition coefficient (Wildman–Crippen LogP) is -3.72. The molecular weight excluding hydrogens is 260 g/mol. The van der Waals surface area contributed by atoms with Crippen molar-refractivity contribution in [2.24, 2.45) is 0 Å². The molecule has 122 valence electrons. The summed E-state index contributed by atoms with van der Waals surface area (Å²) >= 11 is 0. The van der Waals surface area contributed by atoms with Gasteiger partial charge in [-0.25, -0.2) is 0 Å². The predicted molar refractivity (Wildman–Crippen MR) is 77.9 cm³/mol. The highest BCUT2D eigenvalue weighted by Gasteiger charge is 2.20. The first-order chi connectivity index (χ1) is 9.20. The third kappa shape index (κ3) is 11.6. The number of quaternary nitrogens is 2. The van der Waals surface area contributed by atoms with Crippen LogP contribution in [0.2, 0.25) is 0 Å². The summed E-state index contributed by atoms with van der Waals surface area (Å²) in [6.45, 7) is 11.0. The van der Waals surface area contributed by atoms with E-state index in [1.807, 2.05) is 0 Å². The fraction of sp³-hybridized carbons (Fsp3) is 1.00. The number of hydrogen-bond acceptors (Lipinski definition) is 4. The summed E-state index contributed by atoms with van der Waals surface area (Å²) in [5.41, 5.74) is 0. The van der Waals surface area contributed by atoms with Gasteiger partial charge in [0.25, 0.3) is 0 Å². The third-order valence-corrected chi connectivity index (χ3v) is 3.17. The molecule has 0 bridgehead atoms. The molecule has 0 spiro atoms. The van der Waals surface area contributed by atoms with Gasteiger partial charge in [0.1, 0.15) is 63.7 Å². The minimum atomic E-state index is -0.402. The molecule has 0 aromatic carbocycles. The number of aliphatic hydroxyl groups excluding tert-OH is 4. The van der Waals surface area contributed by atoms with Gasteiger partial charge in [-0.15, -0.1) is 0 Å². The van der Waals surface area contributed by atoms with E-state index in [0.29, 0.717) is 26.2 Å². The highest BCUT2D eigenvalue weighted by molar-refractivity contribution is 4.48. The molecule has 0 fully saturated rings. The van der Waals surface area contributed by atoms with Crippen molar-refractivity contribution in [1.82, 2.24) is 0 Å². The number of hydrogen-bond donors (Lipinski definition) is 6. The van der Waals surface area contributed by atoms with Crippen LogP contribution in [0.4, 0.5) is 0 Å². The Morgan fingerprint density at radius 3 is 0.900 bits per heavy atom. The fourth-order valence-electron chi connectivity index (χ4n) is 2.60. The Hall–Kier alpha value is -0.240. The van der Waals surface area contributed by atoms with Crippen molar-refractivity contribution in [1.29, 1.82) is 0 Å². The smallest absolute Gasteiger partial charge is 0.127 e. The van der Waals surface area contributed by atoms with Gasteiger partial charge in [-0.3, -0.25) is 0 Å². The largest absolute Gasteiger partial charge is 0.388 e. The molecule has 0 aliphatic rings. The molecule has 0 aliphatic carbocycles. The van der Waals surface area contributed by atoms with Crippen LogP contribution in [-0.2, 0) is 0 Å². The van der Waals surface area contributed by atoms with Gasteiger partial charge in [0.2, 0.25) is 0 Å². The third-order valence-electron chi connectivity index (χ3n) is 3.17. The van der Waals surface area contributed by atoms with Gasteiger partial charge < -0.3 is 30.2 Å². The molecule has 6 nitrogen and oxygen atoms in total. The van der Waals surface area contributed by atoms with Crippen molar-refractivity contribution in [3.05, 3.63) is 0 Å². The summed E-state index contributed by atoms with van der Waals surface area (Å²) in [5, 5.41) is 38.0. The van der Waals surface area contributed by atoms with E-state index in [2.05, 4.69) is 0 Å². The van der Waals surface area contributed by atoms with E-state index in [-0.39, 0.29) is 0 Å². The van der Waals surface area contributed by atoms with Crippen molar-refractivity contribution < 1.29 is 30.2 Å². The lowest BCUT2D eigenvalue weighted by Crippen LogP contribution is -3.22. The molecule has 0 aliphatic heterocycles. The van der Waals surface area contributed by atoms with Crippen molar-refractivity contribution in [2.45, 2.75) is 52.1 Å². The highest BCUT2D eigenvalue weighted by atomic mass is 16.3. The van der Waals surface area contributed by atoms with Crippen LogP contribution >= 0.6 is 0 Å². The molecule has 1 unspecified atom stereocenters. The van der Waals surface area contributed by atoms with E-state index < -0.39 is 24.4 Å². The maximum absolute atomic E-state index is 9.50. The molecule has 0 radical (unpaired) electrons. The van der Waals surface area contributed by atoms with Gasteiger partial charge >= 0.3 is 0 Å². The Morgan fingerprint density at radius 1 is 0.550 bits per heavy atom. The molecule has 5 atom stereocenters. The average molecular weight is 294 g/mol. The van der Waals surface area contributed by atoms with Crippen LogP contribution in [0.5, 0.6) is 0 Å². The van der Waals surface area contributed by atoms with Crippen LogP contribution in [0.15, 0.2) is 0 Å². The van der Waals surface area contributed by atoms with Gasteiger partial charge in [-0.05, 0) is 27.7 Å². The second kappa shape index (κ2) is 10.5. The second-order valence-corrected chi connectivity index (χ2v) is 6.21. The molecule has 6 N–H and O–H groups in total. The Morgan fingerprint density at radius 2 is 0.750 bits per heavy atom. The Labute approximate surface area is 122 Å². The molecule has 0 amide bonds. The maximum atomic E-state index is 9.50. The van der Waals surface area contributed by atoms with Gasteiger partial charge in [-0.2, -0.15) is 0 Å². The zero-order valence-corrected chi connectivity index (χ0v) is 13.3. The summed E-state index contributed by atoms with van der Waals surface area (Å²) in [6, 6.07) is 0. The van der Waals surface area contributed by atoms with Crippen LogP contribution in [-0.4, -0.2) is 84.1 Å². The van der Waals surface area contributed by atoms with Crippen LogP contribution in [0, 0.1) is 0 Å². The minimum Gasteiger partial charge on any atom is -0.388 e. The average Bonchev–Trinajstić information content (AvgIpc) is 2.22. The second-order valence-electron chi connectivity index (χ2n) is 6.21. The summed E-state index contributed by atoms with van der Waals surface area (Å²) in [6.07, 6.45) is -1.61. The molecular formula is C14H34N2O4+2. The lowest BCUT2D eigenvalue weighted by Gasteiger charge is -2.26. The zero-order valence-electron chi connectivity index (χ0n) is 13.3. The van der Waals surface area contributed by atoms with Crippen molar-refractivity contribution in [3.8, 4) is 0 Å². The van der Waals surface area contributed by atoms with E-state index in [1.165, 1.54) is 0 Å².